The van der Waals surface area contributed by atoms with Crippen LogP contribution in [-0.2, 0) is 13.0 Å². The highest BCUT2D eigenvalue weighted by molar-refractivity contribution is 5.92. The summed E-state index contributed by atoms with van der Waals surface area (Å²) in [6.45, 7) is 4.94. The van der Waals surface area contributed by atoms with E-state index in [4.69, 9.17) is 0 Å². The van der Waals surface area contributed by atoms with E-state index in [1.54, 1.807) is 6.07 Å². The topological polar surface area (TPSA) is 63.9 Å². The summed E-state index contributed by atoms with van der Waals surface area (Å²) in [6, 6.07) is 16.0. The first-order chi connectivity index (χ1) is 12.6. The van der Waals surface area contributed by atoms with Crippen LogP contribution in [0.1, 0.15) is 39.4 Å². The molecular formula is C20H21N5O. The molecule has 3 aromatic rings. The molecule has 3 heterocycles. The third-order valence-electron chi connectivity index (χ3n) is 4.77. The van der Waals surface area contributed by atoms with E-state index < -0.39 is 0 Å². The van der Waals surface area contributed by atoms with Crippen LogP contribution in [0.4, 0.5) is 0 Å². The fourth-order valence-electron chi connectivity index (χ4n) is 3.59. The molecule has 4 rings (SSSR count). The second kappa shape index (κ2) is 6.71. The first-order valence-corrected chi connectivity index (χ1v) is 8.79. The number of carbonyl (C=O) groups excluding carboxylic acids is 1. The summed E-state index contributed by atoms with van der Waals surface area (Å²) in [5.74, 6) is 1.66. The third kappa shape index (κ3) is 3.10. The molecule has 0 radical (unpaired) electrons. The normalized spacial score (nSPS) is 16.4. The number of carbonyl (C=O) groups is 1. The molecular weight excluding hydrogens is 326 g/mol. The Kier molecular flexibility index (Phi) is 4.24. The molecule has 2 aromatic heterocycles. The molecule has 1 aliphatic heterocycles. The van der Waals surface area contributed by atoms with E-state index in [0.717, 1.165) is 23.8 Å². The van der Waals surface area contributed by atoms with Crippen molar-refractivity contribution in [2.75, 3.05) is 6.54 Å². The number of nitrogens with zero attached hydrogens (tertiary/aromatic N) is 5. The van der Waals surface area contributed by atoms with Crippen LogP contribution < -0.4 is 0 Å². The van der Waals surface area contributed by atoms with E-state index in [0.29, 0.717) is 18.8 Å². The van der Waals surface area contributed by atoms with Crippen molar-refractivity contribution in [3.63, 3.8) is 0 Å². The number of benzene rings is 1. The average Bonchev–Trinajstić information content (AvgIpc) is 3.03. The maximum absolute atomic E-state index is 13.0. The Morgan fingerprint density at radius 2 is 1.88 bits per heavy atom. The molecule has 1 amide bonds. The van der Waals surface area contributed by atoms with E-state index in [1.807, 2.05) is 49.1 Å². The molecule has 1 aromatic carbocycles. The van der Waals surface area contributed by atoms with Crippen molar-refractivity contribution in [2.24, 2.45) is 0 Å². The highest BCUT2D eigenvalue weighted by Gasteiger charge is 2.31. The van der Waals surface area contributed by atoms with Gasteiger partial charge in [-0.2, -0.15) is 0 Å². The van der Waals surface area contributed by atoms with Gasteiger partial charge in [0.25, 0.3) is 5.91 Å². The van der Waals surface area contributed by atoms with Crippen LogP contribution in [0.25, 0.3) is 0 Å². The van der Waals surface area contributed by atoms with Gasteiger partial charge in [0.05, 0.1) is 12.6 Å². The highest BCUT2D eigenvalue weighted by Crippen LogP contribution is 2.26. The Morgan fingerprint density at radius 1 is 1.08 bits per heavy atom. The number of rotatable bonds is 3. The lowest BCUT2D eigenvalue weighted by Crippen LogP contribution is -2.42. The first kappa shape index (κ1) is 16.4. The zero-order valence-electron chi connectivity index (χ0n) is 15.0. The minimum absolute atomic E-state index is 0.0568. The van der Waals surface area contributed by atoms with Crippen LogP contribution in [0.2, 0.25) is 0 Å². The Balaban J connectivity index is 1.64. The predicted molar refractivity (Wildman–Crippen MR) is 97.7 cm³/mol. The molecule has 132 valence electrons. The van der Waals surface area contributed by atoms with Gasteiger partial charge in [0.15, 0.2) is 5.82 Å². The summed E-state index contributed by atoms with van der Waals surface area (Å²) >= 11 is 0. The van der Waals surface area contributed by atoms with Crippen molar-refractivity contribution in [3.05, 3.63) is 77.1 Å². The van der Waals surface area contributed by atoms with Crippen molar-refractivity contribution >= 4 is 5.91 Å². The Morgan fingerprint density at radius 3 is 2.65 bits per heavy atom. The predicted octanol–water partition coefficient (Wildman–Crippen LogP) is 2.73. The monoisotopic (exact) mass is 347 g/mol. The van der Waals surface area contributed by atoms with Gasteiger partial charge in [-0.3, -0.25) is 4.79 Å². The molecule has 1 aliphatic rings. The van der Waals surface area contributed by atoms with Gasteiger partial charge >= 0.3 is 0 Å². The van der Waals surface area contributed by atoms with E-state index >= 15 is 0 Å². The third-order valence-corrected chi connectivity index (χ3v) is 4.77. The zero-order chi connectivity index (χ0) is 18.1. The quantitative estimate of drug-likeness (QED) is 0.731. The van der Waals surface area contributed by atoms with E-state index in [1.165, 1.54) is 5.56 Å². The molecule has 6 heteroatoms. The smallest absolute Gasteiger partial charge is 0.272 e. The molecule has 1 atom stereocenters. The molecule has 0 aliphatic carbocycles. The lowest BCUT2D eigenvalue weighted by molar-refractivity contribution is 0.0666. The highest BCUT2D eigenvalue weighted by atomic mass is 16.2. The van der Waals surface area contributed by atoms with Crippen molar-refractivity contribution < 1.29 is 4.79 Å². The van der Waals surface area contributed by atoms with Crippen molar-refractivity contribution in [1.82, 2.24) is 24.6 Å². The largest absolute Gasteiger partial charge is 0.328 e. The Labute approximate surface area is 152 Å². The van der Waals surface area contributed by atoms with Gasteiger partial charge in [0.2, 0.25) is 0 Å². The fourth-order valence-corrected chi connectivity index (χ4v) is 3.59. The van der Waals surface area contributed by atoms with Gasteiger partial charge in [-0.25, -0.2) is 4.98 Å². The minimum Gasteiger partial charge on any atom is -0.328 e. The van der Waals surface area contributed by atoms with Crippen LogP contribution in [0.3, 0.4) is 0 Å². The van der Waals surface area contributed by atoms with Crippen molar-refractivity contribution in [2.45, 2.75) is 32.9 Å². The van der Waals surface area contributed by atoms with Gasteiger partial charge in [-0.05, 0) is 38.0 Å². The number of hydrogen-bond acceptors (Lipinski definition) is 4. The fraction of sp³-hybridized carbons (Fsp3) is 0.300. The minimum atomic E-state index is -0.0568. The maximum Gasteiger partial charge on any atom is 0.272 e. The molecule has 26 heavy (non-hydrogen) atoms. The number of hydrogen-bond donors (Lipinski definition) is 0. The van der Waals surface area contributed by atoms with Gasteiger partial charge < -0.3 is 9.47 Å². The number of amides is 1. The molecule has 0 N–H and O–H groups in total. The molecule has 0 spiro atoms. The summed E-state index contributed by atoms with van der Waals surface area (Å²) in [5, 5.41) is 8.52. The lowest BCUT2D eigenvalue weighted by Gasteiger charge is -2.34. The van der Waals surface area contributed by atoms with Crippen LogP contribution in [0, 0.1) is 13.8 Å². The van der Waals surface area contributed by atoms with E-state index in [2.05, 4.69) is 31.9 Å². The molecule has 0 unspecified atom stereocenters. The standard InChI is InChI=1S/C20H21N5O/c1-14-7-6-10-18(21-14)20(26)24-12-17(11-16-8-4-3-5-9-16)25-15(2)22-23-19(25)13-24/h3-10,17H,11-13H2,1-2H3/t17-/m1/s1. The van der Waals surface area contributed by atoms with Crippen molar-refractivity contribution in [1.29, 1.82) is 0 Å². The molecule has 0 bridgehead atoms. The number of pyridine rings is 1. The summed E-state index contributed by atoms with van der Waals surface area (Å²) in [7, 11) is 0. The Hall–Kier alpha value is -3.02. The van der Waals surface area contributed by atoms with E-state index in [9.17, 15) is 4.79 Å². The Bertz CT molecular complexity index is 934. The lowest BCUT2D eigenvalue weighted by atomic mass is 10.0. The number of aromatic nitrogens is 4. The number of fused-ring (bicyclic) bond motifs is 1. The van der Waals surface area contributed by atoms with Gasteiger partial charge in [0, 0.05) is 12.2 Å². The second-order valence-corrected chi connectivity index (χ2v) is 6.73. The first-order valence-electron chi connectivity index (χ1n) is 8.79. The average molecular weight is 347 g/mol. The van der Waals surface area contributed by atoms with Crippen LogP contribution in [0.15, 0.2) is 48.5 Å². The summed E-state index contributed by atoms with van der Waals surface area (Å²) in [4.78, 5) is 19.2. The summed E-state index contributed by atoms with van der Waals surface area (Å²) in [6.07, 6.45) is 0.831. The molecule has 0 saturated carbocycles. The SMILES string of the molecule is Cc1cccc(C(=O)N2Cc3nnc(C)n3[C@H](Cc3ccccc3)C2)n1. The summed E-state index contributed by atoms with van der Waals surface area (Å²) in [5.41, 5.74) is 2.56. The van der Waals surface area contributed by atoms with Gasteiger partial charge in [-0.1, -0.05) is 36.4 Å². The van der Waals surface area contributed by atoms with Crippen molar-refractivity contribution in [3.8, 4) is 0 Å². The number of aryl methyl sites for hydroxylation is 2. The summed E-state index contributed by atoms with van der Waals surface area (Å²) < 4.78 is 2.17. The van der Waals surface area contributed by atoms with E-state index in [-0.39, 0.29) is 11.9 Å². The van der Waals surface area contributed by atoms with Crippen LogP contribution >= 0.6 is 0 Å². The second-order valence-electron chi connectivity index (χ2n) is 6.73. The molecule has 6 nitrogen and oxygen atoms in total. The van der Waals surface area contributed by atoms with Gasteiger partial charge in [-0.15, -0.1) is 10.2 Å². The van der Waals surface area contributed by atoms with Crippen LogP contribution in [-0.4, -0.2) is 37.1 Å². The molecule has 0 saturated heterocycles. The maximum atomic E-state index is 13.0. The molecule has 0 fully saturated rings. The van der Waals surface area contributed by atoms with Gasteiger partial charge in [0.1, 0.15) is 11.5 Å². The van der Waals surface area contributed by atoms with Crippen LogP contribution in [0.5, 0.6) is 0 Å². The zero-order valence-corrected chi connectivity index (χ0v) is 15.0.